The van der Waals surface area contributed by atoms with Gasteiger partial charge in [0.1, 0.15) is 0 Å². The van der Waals surface area contributed by atoms with Gasteiger partial charge in [-0.15, -0.1) is 0 Å². The van der Waals surface area contributed by atoms with Gasteiger partial charge < -0.3 is 0 Å². The van der Waals surface area contributed by atoms with E-state index < -0.39 is 10.0 Å². The van der Waals surface area contributed by atoms with Crippen LogP contribution in [0.3, 0.4) is 0 Å². The Morgan fingerprint density at radius 3 is 2.86 bits per heavy atom. The monoisotopic (exact) mass is 216 g/mol. The zero-order chi connectivity index (χ0) is 10.6. The summed E-state index contributed by atoms with van der Waals surface area (Å²) in [5.41, 5.74) is 0. The predicted octanol–water partition coefficient (Wildman–Crippen LogP) is 0.962. The van der Waals surface area contributed by atoms with E-state index >= 15 is 0 Å². The summed E-state index contributed by atoms with van der Waals surface area (Å²) in [5.74, 6) is 0.111. The number of rotatable bonds is 4. The van der Waals surface area contributed by atoms with Crippen molar-refractivity contribution >= 4 is 10.0 Å². The maximum Gasteiger partial charge on any atom is 0.227 e. The molecule has 0 spiro atoms. The third-order valence-electron chi connectivity index (χ3n) is 2.59. The Balaban J connectivity index is 2.54. The molecule has 1 unspecified atom stereocenters. The highest BCUT2D eigenvalue weighted by molar-refractivity contribution is 7.89. The Kier molecular flexibility index (Phi) is 3.90. The second kappa shape index (κ2) is 4.76. The van der Waals surface area contributed by atoms with Crippen LogP contribution in [0.15, 0.2) is 0 Å². The van der Waals surface area contributed by atoms with Crippen molar-refractivity contribution in [1.82, 2.24) is 4.31 Å². The van der Waals surface area contributed by atoms with Gasteiger partial charge in [-0.1, -0.05) is 13.3 Å². The highest BCUT2D eigenvalue weighted by Gasteiger charge is 2.30. The van der Waals surface area contributed by atoms with Crippen LogP contribution in [-0.2, 0) is 10.0 Å². The molecule has 0 radical (unpaired) electrons. The summed E-state index contributed by atoms with van der Waals surface area (Å²) >= 11 is 0. The molecule has 0 N–H and O–H groups in total. The van der Waals surface area contributed by atoms with E-state index in [-0.39, 0.29) is 5.75 Å². The summed E-state index contributed by atoms with van der Waals surface area (Å²) in [6.45, 7) is 3.30. The lowest BCUT2D eigenvalue weighted by molar-refractivity contribution is 0.446. The van der Waals surface area contributed by atoms with E-state index in [9.17, 15) is 8.42 Å². The van der Waals surface area contributed by atoms with Crippen molar-refractivity contribution in [2.24, 2.45) is 5.92 Å². The number of hydrogen-bond donors (Lipinski definition) is 0. The quantitative estimate of drug-likeness (QED) is 0.703. The Morgan fingerprint density at radius 1 is 1.57 bits per heavy atom. The van der Waals surface area contributed by atoms with Crippen LogP contribution in [0.1, 0.15) is 26.2 Å². The molecule has 1 rings (SSSR count). The molecule has 1 aliphatic rings. The Bertz CT molecular complexity index is 318. The summed E-state index contributed by atoms with van der Waals surface area (Å²) < 4.78 is 24.4. The standard InChI is InChI=1S/C9H16N2O2S/c1-2-3-9-4-6-11(8-9)14(12,13)7-5-10/h9H,2-4,6-8H2,1H3. The molecule has 14 heavy (non-hydrogen) atoms. The summed E-state index contributed by atoms with van der Waals surface area (Å²) in [6, 6.07) is 1.70. The molecule has 4 nitrogen and oxygen atoms in total. The first-order valence-electron chi connectivity index (χ1n) is 4.95. The van der Waals surface area contributed by atoms with Gasteiger partial charge in [-0.2, -0.15) is 5.26 Å². The van der Waals surface area contributed by atoms with Crippen LogP contribution < -0.4 is 0 Å². The van der Waals surface area contributed by atoms with Crippen LogP contribution in [-0.4, -0.2) is 31.6 Å². The van der Waals surface area contributed by atoms with Gasteiger partial charge in [0.25, 0.3) is 0 Å². The smallest absolute Gasteiger partial charge is 0.211 e. The lowest BCUT2D eigenvalue weighted by atomic mass is 10.0. The van der Waals surface area contributed by atoms with Gasteiger partial charge in [0.2, 0.25) is 10.0 Å². The molecule has 5 heteroatoms. The third kappa shape index (κ3) is 2.69. The van der Waals surface area contributed by atoms with Crippen molar-refractivity contribution in [3.05, 3.63) is 0 Å². The van der Waals surface area contributed by atoms with Crippen molar-refractivity contribution in [2.45, 2.75) is 26.2 Å². The van der Waals surface area contributed by atoms with Crippen LogP contribution in [0.25, 0.3) is 0 Å². The molecule has 0 amide bonds. The largest absolute Gasteiger partial charge is 0.227 e. The number of nitriles is 1. The molecule has 0 aliphatic carbocycles. The molecule has 0 bridgehead atoms. The third-order valence-corrected chi connectivity index (χ3v) is 4.20. The Morgan fingerprint density at radius 2 is 2.29 bits per heavy atom. The first kappa shape index (κ1) is 11.5. The molecule has 0 saturated carbocycles. The highest BCUT2D eigenvalue weighted by atomic mass is 32.2. The molecule has 0 aromatic rings. The maximum absolute atomic E-state index is 11.5. The van der Waals surface area contributed by atoms with E-state index in [0.717, 1.165) is 19.3 Å². The zero-order valence-corrected chi connectivity index (χ0v) is 9.26. The average Bonchev–Trinajstić information content (AvgIpc) is 2.54. The minimum Gasteiger partial charge on any atom is -0.211 e. The van der Waals surface area contributed by atoms with Gasteiger partial charge >= 0.3 is 0 Å². The van der Waals surface area contributed by atoms with Crippen LogP contribution in [0, 0.1) is 17.2 Å². The normalized spacial score (nSPS) is 23.6. The van der Waals surface area contributed by atoms with E-state index in [1.54, 1.807) is 6.07 Å². The minimum absolute atomic E-state index is 0.383. The SMILES string of the molecule is CCCC1CCN(S(=O)(=O)CC#N)C1. The molecule has 0 aromatic carbocycles. The van der Waals surface area contributed by atoms with Gasteiger partial charge in [-0.25, -0.2) is 12.7 Å². The van der Waals surface area contributed by atoms with Crippen LogP contribution in [0.2, 0.25) is 0 Å². The number of hydrogen-bond acceptors (Lipinski definition) is 3. The topological polar surface area (TPSA) is 61.2 Å². The van der Waals surface area contributed by atoms with Gasteiger partial charge in [-0.3, -0.25) is 0 Å². The van der Waals surface area contributed by atoms with Crippen molar-refractivity contribution in [3.63, 3.8) is 0 Å². The molecule has 0 aromatic heterocycles. The van der Waals surface area contributed by atoms with Crippen LogP contribution in [0.5, 0.6) is 0 Å². The maximum atomic E-state index is 11.5. The molecule has 1 fully saturated rings. The molecule has 80 valence electrons. The molecule has 1 aliphatic heterocycles. The molecule has 1 atom stereocenters. The van der Waals surface area contributed by atoms with Crippen molar-refractivity contribution in [2.75, 3.05) is 18.8 Å². The summed E-state index contributed by atoms with van der Waals surface area (Å²) in [5, 5.41) is 8.38. The van der Waals surface area contributed by atoms with E-state index in [0.29, 0.717) is 19.0 Å². The second-order valence-corrected chi connectivity index (χ2v) is 5.68. The fraction of sp³-hybridized carbons (Fsp3) is 0.889. The summed E-state index contributed by atoms with van der Waals surface area (Å²) in [4.78, 5) is 0. The van der Waals surface area contributed by atoms with Gasteiger partial charge in [-0.05, 0) is 18.8 Å². The molecular formula is C9H16N2O2S. The first-order chi connectivity index (χ1) is 6.60. The molecular weight excluding hydrogens is 200 g/mol. The Hall–Kier alpha value is -0.600. The van der Waals surface area contributed by atoms with E-state index in [4.69, 9.17) is 5.26 Å². The lowest BCUT2D eigenvalue weighted by Crippen LogP contribution is -2.30. The van der Waals surface area contributed by atoms with E-state index in [1.807, 2.05) is 0 Å². The average molecular weight is 216 g/mol. The van der Waals surface area contributed by atoms with E-state index in [2.05, 4.69) is 6.92 Å². The van der Waals surface area contributed by atoms with Crippen molar-refractivity contribution in [1.29, 1.82) is 5.26 Å². The molecule has 1 saturated heterocycles. The van der Waals surface area contributed by atoms with Crippen molar-refractivity contribution < 1.29 is 8.42 Å². The van der Waals surface area contributed by atoms with E-state index in [1.165, 1.54) is 4.31 Å². The lowest BCUT2D eigenvalue weighted by Gasteiger charge is -2.13. The zero-order valence-electron chi connectivity index (χ0n) is 8.44. The highest BCUT2D eigenvalue weighted by Crippen LogP contribution is 2.23. The van der Waals surface area contributed by atoms with Crippen LogP contribution in [0.4, 0.5) is 0 Å². The molecule has 1 heterocycles. The number of sulfonamides is 1. The Labute approximate surface area is 85.6 Å². The summed E-state index contributed by atoms with van der Waals surface area (Å²) in [7, 11) is -3.29. The predicted molar refractivity (Wildman–Crippen MR) is 54.0 cm³/mol. The van der Waals surface area contributed by atoms with Crippen LogP contribution >= 0.6 is 0 Å². The minimum atomic E-state index is -3.29. The fourth-order valence-corrected chi connectivity index (χ4v) is 3.03. The van der Waals surface area contributed by atoms with Gasteiger partial charge in [0.05, 0.1) is 6.07 Å². The fourth-order valence-electron chi connectivity index (χ4n) is 1.87. The number of nitrogens with zero attached hydrogens (tertiary/aromatic N) is 2. The van der Waals surface area contributed by atoms with Gasteiger partial charge in [0, 0.05) is 13.1 Å². The van der Waals surface area contributed by atoms with Crippen molar-refractivity contribution in [3.8, 4) is 6.07 Å². The summed E-state index contributed by atoms with van der Waals surface area (Å²) in [6.07, 6.45) is 3.12. The van der Waals surface area contributed by atoms with Gasteiger partial charge in [0.15, 0.2) is 5.75 Å². The second-order valence-electron chi connectivity index (χ2n) is 3.72. The first-order valence-corrected chi connectivity index (χ1v) is 6.56.